The number of carbonyl (C=O) groups is 1. The van der Waals surface area contributed by atoms with Crippen molar-refractivity contribution >= 4 is 37.2 Å². The number of halogens is 4. The van der Waals surface area contributed by atoms with Crippen molar-refractivity contribution < 1.29 is 22.0 Å². The summed E-state index contributed by atoms with van der Waals surface area (Å²) in [6.45, 7) is 0.372. The fourth-order valence-corrected chi connectivity index (χ4v) is 3.33. The minimum atomic E-state index is -4.62. The Morgan fingerprint density at radius 1 is 1.40 bits per heavy atom. The van der Waals surface area contributed by atoms with Crippen LogP contribution in [0.3, 0.4) is 0 Å². The van der Waals surface area contributed by atoms with Crippen LogP contribution >= 0.6 is 22.3 Å². The van der Waals surface area contributed by atoms with Crippen LogP contribution in [-0.2, 0) is 9.05 Å². The van der Waals surface area contributed by atoms with E-state index in [1.807, 2.05) is 0 Å². The molecule has 0 aromatic heterocycles. The molecule has 1 amide bonds. The molecule has 1 aromatic carbocycles. The molecule has 9 heteroatoms. The predicted molar refractivity (Wildman–Crippen MR) is 69.5 cm³/mol. The zero-order valence-corrected chi connectivity index (χ0v) is 12.2. The number of carbonyl (C=O) groups excluding carboxylic acids is 1. The number of nitrogens with one attached hydrogen (secondary N) is 1. The highest BCUT2D eigenvalue weighted by Gasteiger charge is 2.29. The highest BCUT2D eigenvalue weighted by molar-refractivity contribution is 8.13. The van der Waals surface area contributed by atoms with Gasteiger partial charge in [-0.25, -0.2) is 17.2 Å². The maximum atomic E-state index is 13.5. The van der Waals surface area contributed by atoms with Crippen LogP contribution in [0.4, 0.5) is 8.78 Å². The number of hydrogen-bond acceptors (Lipinski definition) is 3. The Labute approximate surface area is 123 Å². The SMILES string of the molecule is O=C(NCC1CC1)c1cc(F)c(F)c(S(=O)(=O)Cl)c1Cl. The highest BCUT2D eigenvalue weighted by Crippen LogP contribution is 2.33. The van der Waals surface area contributed by atoms with Crippen LogP contribution in [-0.4, -0.2) is 20.9 Å². The molecule has 20 heavy (non-hydrogen) atoms. The van der Waals surface area contributed by atoms with Crippen molar-refractivity contribution in [2.45, 2.75) is 17.7 Å². The molecule has 1 aromatic rings. The average molecular weight is 344 g/mol. The van der Waals surface area contributed by atoms with Crippen LogP contribution in [0.2, 0.25) is 5.02 Å². The molecule has 4 nitrogen and oxygen atoms in total. The number of amides is 1. The zero-order chi connectivity index (χ0) is 15.1. The molecule has 1 aliphatic rings. The van der Waals surface area contributed by atoms with Gasteiger partial charge in [0.2, 0.25) is 0 Å². The van der Waals surface area contributed by atoms with Crippen molar-refractivity contribution in [3.8, 4) is 0 Å². The van der Waals surface area contributed by atoms with E-state index in [2.05, 4.69) is 5.32 Å². The molecule has 1 N–H and O–H groups in total. The van der Waals surface area contributed by atoms with Gasteiger partial charge in [0.25, 0.3) is 15.0 Å². The number of benzene rings is 1. The second-order valence-electron chi connectivity index (χ2n) is 4.45. The van der Waals surface area contributed by atoms with Crippen LogP contribution in [0.1, 0.15) is 23.2 Å². The molecule has 110 valence electrons. The van der Waals surface area contributed by atoms with Gasteiger partial charge < -0.3 is 5.32 Å². The molecule has 0 bridgehead atoms. The molecule has 1 saturated carbocycles. The molecule has 2 rings (SSSR count). The number of rotatable bonds is 4. The Morgan fingerprint density at radius 2 is 2.00 bits per heavy atom. The van der Waals surface area contributed by atoms with Crippen LogP contribution in [0, 0.1) is 17.6 Å². The smallest absolute Gasteiger partial charge is 0.265 e. The third kappa shape index (κ3) is 3.21. The topological polar surface area (TPSA) is 63.2 Å². The predicted octanol–water partition coefficient (Wildman–Crippen LogP) is 2.69. The van der Waals surface area contributed by atoms with Gasteiger partial charge in [-0.1, -0.05) is 11.6 Å². The minimum Gasteiger partial charge on any atom is -0.352 e. The first-order chi connectivity index (χ1) is 9.21. The number of hydrogen-bond donors (Lipinski definition) is 1. The van der Waals surface area contributed by atoms with Crippen molar-refractivity contribution in [2.75, 3.05) is 6.54 Å². The molecule has 0 spiro atoms. The highest BCUT2D eigenvalue weighted by atomic mass is 35.7. The van der Waals surface area contributed by atoms with Crippen LogP contribution in [0.5, 0.6) is 0 Å². The summed E-state index contributed by atoms with van der Waals surface area (Å²) in [4.78, 5) is 10.6. The zero-order valence-electron chi connectivity index (χ0n) is 9.92. The molecule has 0 saturated heterocycles. The Kier molecular flexibility index (Phi) is 4.22. The largest absolute Gasteiger partial charge is 0.352 e. The van der Waals surface area contributed by atoms with Crippen molar-refractivity contribution in [2.24, 2.45) is 5.92 Å². The van der Waals surface area contributed by atoms with Gasteiger partial charge in [-0.3, -0.25) is 4.79 Å². The van der Waals surface area contributed by atoms with Gasteiger partial charge in [-0.2, -0.15) is 0 Å². The van der Waals surface area contributed by atoms with Crippen LogP contribution in [0.25, 0.3) is 0 Å². The van der Waals surface area contributed by atoms with Gasteiger partial charge in [0.05, 0.1) is 10.6 Å². The Hall–Kier alpha value is -0.920. The summed E-state index contributed by atoms with van der Waals surface area (Å²) in [6, 6.07) is 0.547. The lowest BCUT2D eigenvalue weighted by atomic mass is 10.2. The fourth-order valence-electron chi connectivity index (χ4n) is 1.61. The first kappa shape index (κ1) is 15.5. The molecule has 0 heterocycles. The molecular weight excluding hydrogens is 335 g/mol. The third-order valence-corrected chi connectivity index (χ3v) is 4.69. The Bertz CT molecular complexity index is 675. The van der Waals surface area contributed by atoms with E-state index in [0.29, 0.717) is 18.5 Å². The molecule has 0 aliphatic heterocycles. The standard InChI is InChI=1S/C11H9Cl2F2NO3S/c12-8-6(11(17)16-4-5-1-2-5)3-7(14)9(15)10(8)20(13,18)19/h3,5H,1-2,4H2,(H,16,17). The van der Waals surface area contributed by atoms with Gasteiger partial charge in [0, 0.05) is 17.2 Å². The quantitative estimate of drug-likeness (QED) is 0.675. The van der Waals surface area contributed by atoms with Gasteiger partial charge >= 0.3 is 0 Å². The monoisotopic (exact) mass is 343 g/mol. The van der Waals surface area contributed by atoms with Gasteiger partial charge in [0.1, 0.15) is 4.90 Å². The molecule has 0 radical (unpaired) electrons. The normalized spacial score (nSPS) is 15.2. The van der Waals surface area contributed by atoms with E-state index in [1.165, 1.54) is 0 Å². The maximum Gasteiger partial charge on any atom is 0.265 e. The van der Waals surface area contributed by atoms with E-state index in [4.69, 9.17) is 22.3 Å². The summed E-state index contributed by atoms with van der Waals surface area (Å²) in [6.07, 6.45) is 1.96. The molecule has 0 unspecified atom stereocenters. The Balaban J connectivity index is 2.43. The van der Waals surface area contributed by atoms with E-state index in [9.17, 15) is 22.0 Å². The third-order valence-electron chi connectivity index (χ3n) is 2.85. The van der Waals surface area contributed by atoms with Gasteiger partial charge in [-0.05, 0) is 24.8 Å². The van der Waals surface area contributed by atoms with Crippen molar-refractivity contribution in [3.63, 3.8) is 0 Å². The Morgan fingerprint density at radius 3 is 2.50 bits per heavy atom. The summed E-state index contributed by atoms with van der Waals surface area (Å²) in [7, 11) is 0.388. The molecular formula is C11H9Cl2F2NO3S. The van der Waals surface area contributed by atoms with Crippen molar-refractivity contribution in [1.29, 1.82) is 0 Å². The van der Waals surface area contributed by atoms with E-state index in [1.54, 1.807) is 0 Å². The summed E-state index contributed by atoms with van der Waals surface area (Å²) in [5, 5.41) is 1.75. The second-order valence-corrected chi connectivity index (χ2v) is 7.34. The lowest BCUT2D eigenvalue weighted by Gasteiger charge is -2.10. The first-order valence-electron chi connectivity index (χ1n) is 5.62. The summed E-state index contributed by atoms with van der Waals surface area (Å²) >= 11 is 5.67. The first-order valence-corrected chi connectivity index (χ1v) is 8.31. The summed E-state index contributed by atoms with van der Waals surface area (Å²) < 4.78 is 49.3. The lowest BCUT2D eigenvalue weighted by Crippen LogP contribution is -2.26. The van der Waals surface area contributed by atoms with Gasteiger partial charge in [-0.15, -0.1) is 0 Å². The van der Waals surface area contributed by atoms with Crippen molar-refractivity contribution in [1.82, 2.24) is 5.32 Å². The summed E-state index contributed by atoms with van der Waals surface area (Å²) in [5.74, 6) is -3.63. The van der Waals surface area contributed by atoms with E-state index < -0.39 is 42.1 Å². The van der Waals surface area contributed by atoms with Crippen molar-refractivity contribution in [3.05, 3.63) is 28.3 Å². The van der Waals surface area contributed by atoms with Crippen LogP contribution in [0.15, 0.2) is 11.0 Å². The molecule has 0 atom stereocenters. The fraction of sp³-hybridized carbons (Fsp3) is 0.364. The molecule has 1 aliphatic carbocycles. The van der Waals surface area contributed by atoms with Gasteiger partial charge in [0.15, 0.2) is 11.6 Å². The maximum absolute atomic E-state index is 13.5. The van der Waals surface area contributed by atoms with E-state index in [-0.39, 0.29) is 0 Å². The molecule has 1 fully saturated rings. The van der Waals surface area contributed by atoms with Crippen LogP contribution < -0.4 is 5.32 Å². The summed E-state index contributed by atoms with van der Waals surface area (Å²) in [5.41, 5.74) is -0.467. The van der Waals surface area contributed by atoms with E-state index in [0.717, 1.165) is 12.8 Å². The second kappa shape index (κ2) is 5.46. The average Bonchev–Trinajstić information content (AvgIpc) is 3.13. The lowest BCUT2D eigenvalue weighted by molar-refractivity contribution is 0.0951. The van der Waals surface area contributed by atoms with E-state index >= 15 is 0 Å². The minimum absolute atomic E-state index is 0.360.